The third-order valence-electron chi connectivity index (χ3n) is 5.00. The summed E-state index contributed by atoms with van der Waals surface area (Å²) in [5.41, 5.74) is 2.06. The average molecular weight is 348 g/mol. The van der Waals surface area contributed by atoms with Gasteiger partial charge >= 0.3 is 5.69 Å². The second kappa shape index (κ2) is 5.86. The van der Waals surface area contributed by atoms with Crippen molar-refractivity contribution in [2.45, 2.75) is 42.9 Å². The minimum absolute atomic E-state index is 0.0816. The number of fused-ring (bicyclic) bond motifs is 1. The number of hydrogen-bond acceptors (Lipinski definition) is 4. The van der Waals surface area contributed by atoms with Gasteiger partial charge in [0.25, 0.3) is 0 Å². The molecule has 24 heavy (non-hydrogen) atoms. The van der Waals surface area contributed by atoms with E-state index >= 15 is 0 Å². The fourth-order valence-corrected chi connectivity index (χ4v) is 5.29. The van der Waals surface area contributed by atoms with Gasteiger partial charge in [0.05, 0.1) is 4.90 Å². The summed E-state index contributed by atoms with van der Waals surface area (Å²) in [6.07, 6.45) is 4.65. The first-order chi connectivity index (χ1) is 11.5. The number of rotatable bonds is 3. The zero-order chi connectivity index (χ0) is 16.7. The Bertz CT molecular complexity index is 915. The van der Waals surface area contributed by atoms with Gasteiger partial charge < -0.3 is 0 Å². The number of nitrogens with one attached hydrogen (secondary N) is 2. The highest BCUT2D eigenvalue weighted by Crippen LogP contribution is 2.30. The van der Waals surface area contributed by atoms with Crippen molar-refractivity contribution >= 4 is 10.0 Å². The molecule has 2 heterocycles. The van der Waals surface area contributed by atoms with Crippen LogP contribution in [0.5, 0.6) is 0 Å². The lowest BCUT2D eigenvalue weighted by Gasteiger charge is -2.30. The molecule has 2 N–H and O–H groups in total. The number of aromatic amines is 2. The van der Waals surface area contributed by atoms with E-state index < -0.39 is 10.0 Å². The number of nitrogens with zero attached hydrogens (tertiary/aromatic N) is 2. The van der Waals surface area contributed by atoms with Gasteiger partial charge in [-0.15, -0.1) is 0 Å². The van der Waals surface area contributed by atoms with Crippen molar-refractivity contribution in [1.29, 1.82) is 0 Å². The highest BCUT2D eigenvalue weighted by atomic mass is 32.2. The highest BCUT2D eigenvalue weighted by Gasteiger charge is 2.32. The summed E-state index contributed by atoms with van der Waals surface area (Å²) >= 11 is 0. The minimum Gasteiger partial charge on any atom is -0.293 e. The third-order valence-corrected chi connectivity index (χ3v) is 6.86. The molecule has 1 atom stereocenters. The van der Waals surface area contributed by atoms with E-state index in [0.717, 1.165) is 37.7 Å². The summed E-state index contributed by atoms with van der Waals surface area (Å²) in [4.78, 5) is 14.3. The van der Waals surface area contributed by atoms with Gasteiger partial charge in [0, 0.05) is 19.0 Å². The second-order valence-electron chi connectivity index (χ2n) is 6.55. The topological polar surface area (TPSA) is 98.9 Å². The predicted molar refractivity (Wildman–Crippen MR) is 88.4 cm³/mol. The second-order valence-corrected chi connectivity index (χ2v) is 8.49. The van der Waals surface area contributed by atoms with Gasteiger partial charge in [0.1, 0.15) is 5.82 Å². The van der Waals surface area contributed by atoms with Gasteiger partial charge in [-0.05, 0) is 55.4 Å². The third kappa shape index (κ3) is 2.69. The molecule has 1 aliphatic heterocycles. The van der Waals surface area contributed by atoms with Gasteiger partial charge in [-0.2, -0.15) is 9.40 Å². The maximum atomic E-state index is 13.0. The number of aromatic nitrogens is 3. The molecule has 0 radical (unpaired) electrons. The summed E-state index contributed by atoms with van der Waals surface area (Å²) in [7, 11) is -3.51. The Morgan fingerprint density at radius 3 is 2.79 bits per heavy atom. The Hall–Kier alpha value is -1.93. The Kier molecular flexibility index (Phi) is 3.80. The average Bonchev–Trinajstić information content (AvgIpc) is 3.23. The van der Waals surface area contributed by atoms with E-state index in [1.807, 2.05) is 12.1 Å². The smallest absolute Gasteiger partial charge is 0.293 e. The van der Waals surface area contributed by atoms with Gasteiger partial charge in [-0.1, -0.05) is 6.07 Å². The van der Waals surface area contributed by atoms with Crippen LogP contribution in [-0.4, -0.2) is 41.0 Å². The maximum Gasteiger partial charge on any atom is 0.340 e. The summed E-state index contributed by atoms with van der Waals surface area (Å²) < 4.78 is 27.5. The molecule has 1 unspecified atom stereocenters. The van der Waals surface area contributed by atoms with E-state index in [1.54, 1.807) is 6.07 Å². The van der Waals surface area contributed by atoms with Crippen molar-refractivity contribution in [1.82, 2.24) is 19.5 Å². The first-order valence-corrected chi connectivity index (χ1v) is 9.74. The van der Waals surface area contributed by atoms with Crippen LogP contribution < -0.4 is 5.69 Å². The molecule has 8 heteroatoms. The molecule has 1 fully saturated rings. The van der Waals surface area contributed by atoms with Crippen LogP contribution in [0.25, 0.3) is 0 Å². The molecule has 1 aromatic carbocycles. The number of H-pyrrole nitrogens is 2. The standard InChI is InChI=1S/C16H20N4O3S/c21-16-17-15(18-19-16)13-5-2-8-20(10-13)24(22,23)14-7-6-11-3-1-4-12(11)9-14/h6-7,9,13H,1-5,8,10H2,(H2,17,18,19,21). The SMILES string of the molecule is O=c1[nH]nc(C2CCCN(S(=O)(=O)c3ccc4c(c3)CCC4)C2)[nH]1. The molecule has 0 bridgehead atoms. The molecule has 2 aliphatic rings. The van der Waals surface area contributed by atoms with Crippen LogP contribution in [0, 0.1) is 0 Å². The molecule has 4 rings (SSSR count). The molecule has 1 aliphatic carbocycles. The van der Waals surface area contributed by atoms with E-state index in [0.29, 0.717) is 23.8 Å². The summed E-state index contributed by atoms with van der Waals surface area (Å²) in [6.45, 7) is 0.852. The molecule has 2 aromatic rings. The van der Waals surface area contributed by atoms with Crippen LogP contribution in [0.4, 0.5) is 0 Å². The fraction of sp³-hybridized carbons (Fsp3) is 0.500. The summed E-state index contributed by atoms with van der Waals surface area (Å²) in [5, 5.41) is 6.31. The monoisotopic (exact) mass is 348 g/mol. The Balaban J connectivity index is 1.60. The largest absolute Gasteiger partial charge is 0.340 e. The number of benzene rings is 1. The van der Waals surface area contributed by atoms with Crippen molar-refractivity contribution in [3.63, 3.8) is 0 Å². The molecule has 1 saturated heterocycles. The molecule has 128 valence electrons. The zero-order valence-corrected chi connectivity index (χ0v) is 14.1. The van der Waals surface area contributed by atoms with Crippen molar-refractivity contribution in [2.24, 2.45) is 0 Å². The maximum absolute atomic E-state index is 13.0. The van der Waals surface area contributed by atoms with E-state index in [2.05, 4.69) is 15.2 Å². The molecular formula is C16H20N4O3S. The van der Waals surface area contributed by atoms with Crippen LogP contribution >= 0.6 is 0 Å². The van der Waals surface area contributed by atoms with Crippen molar-refractivity contribution in [3.05, 3.63) is 45.6 Å². The number of sulfonamides is 1. The Labute approximate surface area is 140 Å². The highest BCUT2D eigenvalue weighted by molar-refractivity contribution is 7.89. The number of piperidine rings is 1. The van der Waals surface area contributed by atoms with E-state index in [1.165, 1.54) is 9.87 Å². The fourth-order valence-electron chi connectivity index (χ4n) is 3.72. The van der Waals surface area contributed by atoms with Crippen LogP contribution in [0.15, 0.2) is 27.9 Å². The van der Waals surface area contributed by atoms with Crippen molar-refractivity contribution < 1.29 is 8.42 Å². The quantitative estimate of drug-likeness (QED) is 0.869. The lowest BCUT2D eigenvalue weighted by atomic mass is 9.99. The van der Waals surface area contributed by atoms with Crippen LogP contribution in [0.2, 0.25) is 0 Å². The molecule has 0 amide bonds. The van der Waals surface area contributed by atoms with Gasteiger partial charge in [0.2, 0.25) is 10.0 Å². The van der Waals surface area contributed by atoms with Crippen molar-refractivity contribution in [3.8, 4) is 0 Å². The van der Waals surface area contributed by atoms with Crippen LogP contribution in [-0.2, 0) is 22.9 Å². The number of hydrogen-bond donors (Lipinski definition) is 2. The minimum atomic E-state index is -3.51. The first-order valence-electron chi connectivity index (χ1n) is 8.30. The zero-order valence-electron chi connectivity index (χ0n) is 13.3. The lowest BCUT2D eigenvalue weighted by molar-refractivity contribution is 0.309. The van der Waals surface area contributed by atoms with E-state index in [4.69, 9.17) is 0 Å². The molecule has 0 spiro atoms. The van der Waals surface area contributed by atoms with Crippen molar-refractivity contribution in [2.75, 3.05) is 13.1 Å². The van der Waals surface area contributed by atoms with Gasteiger partial charge in [-0.25, -0.2) is 18.3 Å². The molecule has 1 aromatic heterocycles. The van der Waals surface area contributed by atoms with Gasteiger partial charge in [0.15, 0.2) is 0 Å². The molecule has 0 saturated carbocycles. The van der Waals surface area contributed by atoms with Crippen LogP contribution in [0.3, 0.4) is 0 Å². The molecular weight excluding hydrogens is 328 g/mol. The van der Waals surface area contributed by atoms with E-state index in [-0.39, 0.29) is 11.6 Å². The molecule has 7 nitrogen and oxygen atoms in total. The lowest BCUT2D eigenvalue weighted by Crippen LogP contribution is -2.39. The first kappa shape index (κ1) is 15.6. The van der Waals surface area contributed by atoms with Crippen LogP contribution in [0.1, 0.15) is 42.1 Å². The Morgan fingerprint density at radius 1 is 1.17 bits per heavy atom. The normalized spacial score (nSPS) is 21.8. The number of aryl methyl sites for hydroxylation is 2. The van der Waals surface area contributed by atoms with Gasteiger partial charge in [-0.3, -0.25) is 4.98 Å². The predicted octanol–water partition coefficient (Wildman–Crippen LogP) is 1.15. The summed E-state index contributed by atoms with van der Waals surface area (Å²) in [5.74, 6) is 0.454. The van der Waals surface area contributed by atoms with E-state index in [9.17, 15) is 13.2 Å². The Morgan fingerprint density at radius 2 is 2.00 bits per heavy atom. The summed E-state index contributed by atoms with van der Waals surface area (Å²) in [6, 6.07) is 5.50.